The topological polar surface area (TPSA) is 106 Å². The Bertz CT molecular complexity index is 978. The number of carbonyl (C=O) groups excluding carboxylic acids is 1. The Kier molecular flexibility index (Phi) is 6.35. The molecule has 1 aliphatic heterocycles. The molecule has 2 atom stereocenters. The zero-order valence-corrected chi connectivity index (χ0v) is 17.9. The van der Waals surface area contributed by atoms with E-state index in [0.29, 0.717) is 18.8 Å². The summed E-state index contributed by atoms with van der Waals surface area (Å²) in [6.45, 7) is 8.07. The van der Waals surface area contributed by atoms with Crippen LogP contribution in [0.3, 0.4) is 0 Å². The van der Waals surface area contributed by atoms with Crippen LogP contribution in [0.1, 0.15) is 35.6 Å². The number of nitrogens with one attached hydrogen (secondary N) is 1. The van der Waals surface area contributed by atoms with Crippen LogP contribution in [0.5, 0.6) is 0 Å². The number of hydrogen-bond acceptors (Lipinski definition) is 6. The van der Waals surface area contributed by atoms with Gasteiger partial charge in [-0.05, 0) is 45.4 Å². The molecule has 0 spiro atoms. The summed E-state index contributed by atoms with van der Waals surface area (Å²) in [6, 6.07) is 7.71. The number of nitrogens with zero attached hydrogens (tertiary/aromatic N) is 4. The van der Waals surface area contributed by atoms with Gasteiger partial charge in [-0.2, -0.15) is 4.31 Å². The number of morpholine rings is 1. The molecule has 2 aromatic rings. The van der Waals surface area contributed by atoms with Crippen LogP contribution in [0.2, 0.25) is 0 Å². The van der Waals surface area contributed by atoms with E-state index in [9.17, 15) is 13.2 Å². The van der Waals surface area contributed by atoms with Gasteiger partial charge >= 0.3 is 0 Å². The smallest absolute Gasteiger partial charge is 0.273 e. The fourth-order valence-electron chi connectivity index (χ4n) is 3.41. The van der Waals surface area contributed by atoms with E-state index in [1.165, 1.54) is 4.31 Å². The van der Waals surface area contributed by atoms with Crippen LogP contribution in [0.25, 0.3) is 5.69 Å². The first-order chi connectivity index (χ1) is 13.7. The molecule has 0 radical (unpaired) electrons. The molecule has 1 amide bonds. The highest BCUT2D eigenvalue weighted by Crippen LogP contribution is 2.15. The van der Waals surface area contributed by atoms with E-state index in [4.69, 9.17) is 4.74 Å². The van der Waals surface area contributed by atoms with Crippen LogP contribution in [-0.4, -0.2) is 71.2 Å². The van der Waals surface area contributed by atoms with Crippen LogP contribution in [0, 0.1) is 13.8 Å². The van der Waals surface area contributed by atoms with E-state index in [-0.39, 0.29) is 30.2 Å². The summed E-state index contributed by atoms with van der Waals surface area (Å²) in [4.78, 5) is 12.5. The number of carbonyl (C=O) groups is 1. The third kappa shape index (κ3) is 5.01. The highest BCUT2D eigenvalue weighted by Gasteiger charge is 2.30. The molecule has 9 nitrogen and oxygen atoms in total. The molecule has 1 N–H and O–H groups in total. The van der Waals surface area contributed by atoms with Crippen LogP contribution >= 0.6 is 0 Å². The third-order valence-corrected chi connectivity index (χ3v) is 6.59. The van der Waals surface area contributed by atoms with Gasteiger partial charge in [0.05, 0.1) is 29.3 Å². The molecule has 0 saturated carbocycles. The van der Waals surface area contributed by atoms with Crippen molar-refractivity contribution < 1.29 is 17.9 Å². The Hall–Kier alpha value is -2.30. The molecule has 3 rings (SSSR count). The van der Waals surface area contributed by atoms with Gasteiger partial charge in [0, 0.05) is 19.6 Å². The minimum Gasteiger partial charge on any atom is -0.373 e. The molecule has 1 fully saturated rings. The van der Waals surface area contributed by atoms with Gasteiger partial charge in [-0.15, -0.1) is 5.10 Å². The number of ether oxygens (including phenoxy) is 1. The van der Waals surface area contributed by atoms with Crippen LogP contribution in [0.15, 0.2) is 24.3 Å². The normalized spacial score (nSPS) is 20.6. The van der Waals surface area contributed by atoms with Gasteiger partial charge < -0.3 is 10.1 Å². The van der Waals surface area contributed by atoms with Crippen molar-refractivity contribution in [1.82, 2.24) is 24.6 Å². The molecule has 1 saturated heterocycles. The second kappa shape index (κ2) is 8.60. The van der Waals surface area contributed by atoms with Crippen molar-refractivity contribution in [2.75, 3.05) is 25.4 Å². The van der Waals surface area contributed by atoms with Crippen LogP contribution < -0.4 is 5.32 Å². The zero-order valence-electron chi connectivity index (χ0n) is 17.1. The van der Waals surface area contributed by atoms with Crippen LogP contribution in [-0.2, 0) is 14.8 Å². The number of aryl methyl sites for hydroxylation is 1. The van der Waals surface area contributed by atoms with Gasteiger partial charge in [-0.1, -0.05) is 17.3 Å². The van der Waals surface area contributed by atoms with Crippen molar-refractivity contribution >= 4 is 15.9 Å². The van der Waals surface area contributed by atoms with E-state index in [1.807, 2.05) is 45.0 Å². The van der Waals surface area contributed by atoms with E-state index in [1.54, 1.807) is 11.6 Å². The molecule has 0 bridgehead atoms. The standard InChI is InChI=1S/C19H27N5O4S/c1-13-6-5-7-17(10-13)24-16(4)18(21-22-24)19(25)20-8-9-29(26,27)23-11-14(2)28-15(3)12-23/h5-7,10,14-15H,8-9,11-12H2,1-4H3,(H,20,25). The van der Waals surface area contributed by atoms with Crippen molar-refractivity contribution in [3.63, 3.8) is 0 Å². The Labute approximate surface area is 171 Å². The first-order valence-corrected chi connectivity index (χ1v) is 11.2. The molecule has 158 valence electrons. The number of aromatic nitrogens is 3. The Morgan fingerprint density at radius 2 is 1.93 bits per heavy atom. The lowest BCUT2D eigenvalue weighted by molar-refractivity contribution is -0.0440. The summed E-state index contributed by atoms with van der Waals surface area (Å²) in [7, 11) is -3.48. The molecule has 1 aliphatic rings. The maximum atomic E-state index is 12.6. The Morgan fingerprint density at radius 3 is 2.59 bits per heavy atom. The third-order valence-electron chi connectivity index (χ3n) is 4.78. The lowest BCUT2D eigenvalue weighted by atomic mass is 10.2. The predicted molar refractivity (Wildman–Crippen MR) is 109 cm³/mol. The van der Waals surface area contributed by atoms with Gasteiger partial charge in [0.25, 0.3) is 5.91 Å². The van der Waals surface area contributed by atoms with E-state index >= 15 is 0 Å². The summed E-state index contributed by atoms with van der Waals surface area (Å²) in [5.41, 5.74) is 2.65. The van der Waals surface area contributed by atoms with E-state index < -0.39 is 15.9 Å². The van der Waals surface area contributed by atoms with Gasteiger partial charge in [-0.3, -0.25) is 4.79 Å². The fraction of sp³-hybridized carbons (Fsp3) is 0.526. The zero-order chi connectivity index (χ0) is 21.2. The van der Waals surface area contributed by atoms with Gasteiger partial charge in [0.2, 0.25) is 10.0 Å². The number of benzene rings is 1. The minimum atomic E-state index is -3.48. The van der Waals surface area contributed by atoms with E-state index in [0.717, 1.165) is 11.3 Å². The minimum absolute atomic E-state index is 0.00195. The summed E-state index contributed by atoms with van der Waals surface area (Å²) in [6.07, 6.45) is -0.301. The average molecular weight is 422 g/mol. The monoisotopic (exact) mass is 421 g/mol. The summed E-state index contributed by atoms with van der Waals surface area (Å²) in [5.74, 6) is -0.621. The lowest BCUT2D eigenvalue weighted by Gasteiger charge is -2.34. The number of hydrogen-bond donors (Lipinski definition) is 1. The van der Waals surface area contributed by atoms with Gasteiger partial charge in [-0.25, -0.2) is 13.1 Å². The molecule has 2 unspecified atom stereocenters. The number of sulfonamides is 1. The molecule has 0 aliphatic carbocycles. The second-order valence-corrected chi connectivity index (χ2v) is 9.51. The van der Waals surface area contributed by atoms with Crippen molar-refractivity contribution in [3.05, 3.63) is 41.2 Å². The average Bonchev–Trinajstić information content (AvgIpc) is 3.02. The van der Waals surface area contributed by atoms with Crippen molar-refractivity contribution in [1.29, 1.82) is 0 Å². The second-order valence-electron chi connectivity index (χ2n) is 7.42. The first-order valence-electron chi connectivity index (χ1n) is 9.58. The molecule has 29 heavy (non-hydrogen) atoms. The fourth-order valence-corrected chi connectivity index (χ4v) is 4.90. The maximum absolute atomic E-state index is 12.6. The highest BCUT2D eigenvalue weighted by atomic mass is 32.2. The Balaban J connectivity index is 1.61. The highest BCUT2D eigenvalue weighted by molar-refractivity contribution is 7.89. The Morgan fingerprint density at radius 1 is 1.24 bits per heavy atom. The molecular weight excluding hydrogens is 394 g/mol. The quantitative estimate of drug-likeness (QED) is 0.747. The molecule has 10 heteroatoms. The van der Waals surface area contributed by atoms with Crippen molar-refractivity contribution in [2.45, 2.75) is 39.9 Å². The first kappa shape index (κ1) is 21.4. The summed E-state index contributed by atoms with van der Waals surface area (Å²) >= 11 is 0. The van der Waals surface area contributed by atoms with E-state index in [2.05, 4.69) is 15.6 Å². The summed E-state index contributed by atoms with van der Waals surface area (Å²) in [5, 5.41) is 10.7. The number of amides is 1. The van der Waals surface area contributed by atoms with Crippen molar-refractivity contribution in [2.24, 2.45) is 0 Å². The predicted octanol–water partition coefficient (Wildman–Crippen LogP) is 1.05. The SMILES string of the molecule is Cc1cccc(-n2nnc(C(=O)NCCS(=O)(=O)N3CC(C)OC(C)C3)c2C)c1. The molecule has 1 aromatic heterocycles. The maximum Gasteiger partial charge on any atom is 0.273 e. The molecular formula is C19H27N5O4S. The largest absolute Gasteiger partial charge is 0.373 e. The van der Waals surface area contributed by atoms with Crippen LogP contribution in [0.4, 0.5) is 0 Å². The van der Waals surface area contributed by atoms with Gasteiger partial charge in [0.15, 0.2) is 5.69 Å². The molecule has 1 aromatic carbocycles. The van der Waals surface area contributed by atoms with Crippen molar-refractivity contribution in [3.8, 4) is 5.69 Å². The molecule has 2 heterocycles. The summed E-state index contributed by atoms with van der Waals surface area (Å²) < 4.78 is 33.7. The number of rotatable bonds is 6. The van der Waals surface area contributed by atoms with Gasteiger partial charge in [0.1, 0.15) is 0 Å². The lowest BCUT2D eigenvalue weighted by Crippen LogP contribution is -2.49.